The van der Waals surface area contributed by atoms with Crippen LogP contribution in [-0.2, 0) is 11.3 Å². The highest BCUT2D eigenvalue weighted by Crippen LogP contribution is 2.28. The van der Waals surface area contributed by atoms with Crippen molar-refractivity contribution in [3.05, 3.63) is 83.1 Å². The number of rotatable bonds is 10. The molecule has 3 rings (SSSR count). The van der Waals surface area contributed by atoms with Crippen LogP contribution in [0.1, 0.15) is 31.3 Å². The maximum Gasteiger partial charge on any atom is 0.373 e. The monoisotopic (exact) mass is 447 g/mol. The molecule has 0 fully saturated rings. The van der Waals surface area contributed by atoms with E-state index in [1.54, 1.807) is 34.6 Å². The molecule has 0 aliphatic rings. The van der Waals surface area contributed by atoms with Crippen molar-refractivity contribution in [3.63, 3.8) is 0 Å². The third kappa shape index (κ3) is 5.74. The number of nitrogens with zero attached hydrogens (tertiary/aromatic N) is 4. The molecular weight excluding hydrogens is 417 g/mol. The highest BCUT2D eigenvalue weighted by molar-refractivity contribution is 6.45. The molecule has 172 valence electrons. The van der Waals surface area contributed by atoms with Crippen molar-refractivity contribution < 1.29 is 9.82 Å². The van der Waals surface area contributed by atoms with Gasteiger partial charge in [-0.1, -0.05) is 50.8 Å². The van der Waals surface area contributed by atoms with Crippen LogP contribution >= 0.6 is 0 Å². The minimum atomic E-state index is -0.706. The van der Waals surface area contributed by atoms with Crippen LogP contribution in [0.2, 0.25) is 6.82 Å². The van der Waals surface area contributed by atoms with E-state index in [-0.39, 0.29) is 17.4 Å². The molecule has 9 heteroatoms. The van der Waals surface area contributed by atoms with Crippen LogP contribution in [0.4, 0.5) is 0 Å². The summed E-state index contributed by atoms with van der Waals surface area (Å²) in [5, 5.41) is 12.9. The summed E-state index contributed by atoms with van der Waals surface area (Å²) in [5.74, 6) is 0.135. The molecule has 0 radical (unpaired) electrons. The molecular formula is C24H30BN5O3. The highest BCUT2D eigenvalue weighted by Gasteiger charge is 2.31. The summed E-state index contributed by atoms with van der Waals surface area (Å²) in [6, 6.07) is 12.6. The van der Waals surface area contributed by atoms with Gasteiger partial charge in [0.15, 0.2) is 5.65 Å². The maximum atomic E-state index is 13.6. The van der Waals surface area contributed by atoms with Gasteiger partial charge in [-0.15, -0.1) is 0 Å². The fraction of sp³-hybridized carbons (Fsp3) is 0.333. The first-order valence-electron chi connectivity index (χ1n) is 11.1. The van der Waals surface area contributed by atoms with Gasteiger partial charge in [0.2, 0.25) is 5.91 Å². The number of amides is 1. The van der Waals surface area contributed by atoms with E-state index in [0.29, 0.717) is 36.5 Å². The Morgan fingerprint density at radius 3 is 2.64 bits per heavy atom. The molecule has 1 amide bonds. The number of aromatic nitrogens is 3. The van der Waals surface area contributed by atoms with Crippen LogP contribution in [0.25, 0.3) is 11.0 Å². The Morgan fingerprint density at radius 1 is 1.27 bits per heavy atom. The van der Waals surface area contributed by atoms with Gasteiger partial charge < -0.3 is 15.2 Å². The molecule has 3 aromatic rings. The number of nitrogens with one attached hydrogen (secondary N) is 1. The molecule has 8 nitrogen and oxygen atoms in total. The van der Waals surface area contributed by atoms with Gasteiger partial charge in [0.25, 0.3) is 5.56 Å². The minimum Gasteiger partial charge on any atom is -0.437 e. The van der Waals surface area contributed by atoms with Crippen LogP contribution in [-0.4, -0.2) is 50.5 Å². The number of hydrogen-bond acceptors (Lipinski definition) is 6. The number of pyridine rings is 1. The lowest BCUT2D eigenvalue weighted by molar-refractivity contribution is -0.129. The van der Waals surface area contributed by atoms with Gasteiger partial charge in [-0.25, -0.2) is 9.97 Å². The Balaban J connectivity index is 2.18. The van der Waals surface area contributed by atoms with Crippen LogP contribution in [0.15, 0.2) is 66.1 Å². The second-order valence-corrected chi connectivity index (χ2v) is 8.28. The number of fused-ring (bicyclic) bond motifs is 1. The first-order chi connectivity index (χ1) is 15.8. The fourth-order valence-electron chi connectivity index (χ4n) is 3.91. The Labute approximate surface area is 194 Å². The summed E-state index contributed by atoms with van der Waals surface area (Å²) in [4.78, 5) is 37.2. The first kappa shape index (κ1) is 24.3. The topological polar surface area (TPSA) is 100 Å². The number of hydrogen-bond donors (Lipinski definition) is 2. The lowest BCUT2D eigenvalue weighted by atomic mass is 9.89. The molecule has 0 saturated carbocycles. The van der Waals surface area contributed by atoms with Crippen molar-refractivity contribution in [2.75, 3.05) is 13.1 Å². The van der Waals surface area contributed by atoms with Crippen molar-refractivity contribution in [3.8, 4) is 0 Å². The number of carbonyl (C=O) groups is 1. The summed E-state index contributed by atoms with van der Waals surface area (Å²) in [6.07, 6.45) is 2.86. The van der Waals surface area contributed by atoms with Crippen LogP contribution in [0, 0.1) is 5.92 Å². The molecule has 2 N–H and O–H groups in total. The molecule has 0 aliphatic carbocycles. The van der Waals surface area contributed by atoms with Crippen molar-refractivity contribution in [1.82, 2.24) is 24.7 Å². The Bertz CT molecular complexity index is 1160. The third-order valence-corrected chi connectivity index (χ3v) is 5.42. The summed E-state index contributed by atoms with van der Waals surface area (Å²) < 4.78 is 1.63. The molecule has 2 heterocycles. The Hall–Kier alpha value is -3.30. The fourth-order valence-corrected chi connectivity index (χ4v) is 3.91. The zero-order valence-electron chi connectivity index (χ0n) is 19.3. The van der Waals surface area contributed by atoms with Crippen molar-refractivity contribution in [1.29, 1.82) is 0 Å². The van der Waals surface area contributed by atoms with Gasteiger partial charge in [-0.05, 0) is 36.5 Å². The summed E-state index contributed by atoms with van der Waals surface area (Å²) in [5.41, 5.74) is 1.09. The average Bonchev–Trinajstić information content (AvgIpc) is 2.80. The molecule has 33 heavy (non-hydrogen) atoms. The number of benzene rings is 1. The Kier molecular flexibility index (Phi) is 8.13. The lowest BCUT2D eigenvalue weighted by Gasteiger charge is -2.35. The van der Waals surface area contributed by atoms with Gasteiger partial charge in [-0.3, -0.25) is 14.2 Å². The quantitative estimate of drug-likeness (QED) is 0.365. The van der Waals surface area contributed by atoms with E-state index >= 15 is 0 Å². The lowest BCUT2D eigenvalue weighted by Crippen LogP contribution is -2.45. The first-order valence-corrected chi connectivity index (χ1v) is 11.1. The number of carbonyl (C=O) groups excluding carboxylic acids is 1. The minimum absolute atomic E-state index is 0.0597. The summed E-state index contributed by atoms with van der Waals surface area (Å²) >= 11 is 0. The molecule has 1 unspecified atom stereocenters. The van der Waals surface area contributed by atoms with Crippen molar-refractivity contribution in [2.45, 2.75) is 33.3 Å². The molecule has 0 saturated heterocycles. The van der Waals surface area contributed by atoms with Gasteiger partial charge in [0, 0.05) is 19.3 Å². The van der Waals surface area contributed by atoms with Crippen LogP contribution in [0.3, 0.4) is 0 Å². The zero-order valence-corrected chi connectivity index (χ0v) is 19.3. The van der Waals surface area contributed by atoms with E-state index < -0.39 is 13.1 Å². The van der Waals surface area contributed by atoms with E-state index in [9.17, 15) is 14.6 Å². The third-order valence-electron chi connectivity index (χ3n) is 5.42. The van der Waals surface area contributed by atoms with Gasteiger partial charge in [0.05, 0.1) is 18.0 Å². The van der Waals surface area contributed by atoms with Gasteiger partial charge in [-0.2, -0.15) is 0 Å². The van der Waals surface area contributed by atoms with E-state index in [1.807, 2.05) is 44.2 Å². The van der Waals surface area contributed by atoms with E-state index in [1.165, 1.54) is 6.08 Å². The average molecular weight is 447 g/mol. The standard InChI is InChI=1S/C24H30BN5O3/c1-5-20(31)29(15-14-27-25(4)33)21(17(2)3)23-28-22-19(12-9-13-26-22)24(32)30(23)16-18-10-7-6-8-11-18/h5-13,17,21,27,33H,1,14-16H2,2-4H3. The van der Waals surface area contributed by atoms with E-state index in [0.717, 1.165) is 5.56 Å². The zero-order chi connectivity index (χ0) is 24.0. The van der Waals surface area contributed by atoms with Crippen LogP contribution < -0.4 is 10.8 Å². The smallest absolute Gasteiger partial charge is 0.373 e. The van der Waals surface area contributed by atoms with Gasteiger partial charge in [0.1, 0.15) is 5.82 Å². The molecule has 2 aromatic heterocycles. The summed E-state index contributed by atoms with van der Waals surface area (Å²) in [6.45, 7) is 10.2. The van der Waals surface area contributed by atoms with Crippen molar-refractivity contribution in [2.24, 2.45) is 5.92 Å². The SMILES string of the molecule is C=CC(=O)N(CCNB(C)O)C(c1nc2ncccc2c(=O)n1Cc1ccccc1)C(C)C. The molecule has 0 aliphatic heterocycles. The predicted octanol–water partition coefficient (Wildman–Crippen LogP) is 2.25. The second-order valence-electron chi connectivity index (χ2n) is 8.28. The largest absolute Gasteiger partial charge is 0.437 e. The predicted molar refractivity (Wildman–Crippen MR) is 131 cm³/mol. The van der Waals surface area contributed by atoms with Crippen molar-refractivity contribution >= 4 is 24.0 Å². The van der Waals surface area contributed by atoms with E-state index in [4.69, 9.17) is 4.98 Å². The molecule has 1 aromatic carbocycles. The Morgan fingerprint density at radius 2 is 2.00 bits per heavy atom. The molecule has 0 bridgehead atoms. The molecule has 0 spiro atoms. The normalized spacial score (nSPS) is 12.0. The highest BCUT2D eigenvalue weighted by atomic mass is 16.2. The maximum absolute atomic E-state index is 13.6. The van der Waals surface area contributed by atoms with Crippen LogP contribution in [0.5, 0.6) is 0 Å². The summed E-state index contributed by atoms with van der Waals surface area (Å²) in [7, 11) is -0.706. The van der Waals surface area contributed by atoms with E-state index in [2.05, 4.69) is 16.8 Å². The second kappa shape index (κ2) is 11.0. The molecule has 1 atom stereocenters. The van der Waals surface area contributed by atoms with Gasteiger partial charge >= 0.3 is 7.05 Å².